The third kappa shape index (κ3) is 4.06. The number of rotatable bonds is 4. The van der Waals surface area contributed by atoms with Crippen molar-refractivity contribution in [3.63, 3.8) is 0 Å². The third-order valence-electron chi connectivity index (χ3n) is 5.74. The molecule has 8 nitrogen and oxygen atoms in total. The maximum Gasteiger partial charge on any atom is 0.241 e. The van der Waals surface area contributed by atoms with Crippen molar-refractivity contribution in [2.45, 2.75) is 32.1 Å². The molecule has 0 bridgehead atoms. The van der Waals surface area contributed by atoms with Gasteiger partial charge in [-0.05, 0) is 31.9 Å². The van der Waals surface area contributed by atoms with Gasteiger partial charge in [-0.15, -0.1) is 0 Å². The lowest BCUT2D eigenvalue weighted by Gasteiger charge is -2.33. The number of hydrogen-bond acceptors (Lipinski definition) is 6. The molecule has 2 fully saturated rings. The van der Waals surface area contributed by atoms with E-state index in [0.29, 0.717) is 37.7 Å². The lowest BCUT2D eigenvalue weighted by molar-refractivity contribution is -0.136. The molecule has 2 amide bonds. The highest BCUT2D eigenvalue weighted by molar-refractivity contribution is 5.89. The number of piperidine rings is 1. The summed E-state index contributed by atoms with van der Waals surface area (Å²) in [7, 11) is 1.75. The molecular formula is C21H25N5O3. The smallest absolute Gasteiger partial charge is 0.241 e. The predicted octanol–water partition coefficient (Wildman–Crippen LogP) is 2.16. The Hall–Kier alpha value is -3.03. The van der Waals surface area contributed by atoms with Gasteiger partial charge in [0.2, 0.25) is 17.7 Å². The van der Waals surface area contributed by atoms with Gasteiger partial charge in [0.25, 0.3) is 0 Å². The summed E-state index contributed by atoms with van der Waals surface area (Å²) in [6.07, 6.45) is 6.93. The van der Waals surface area contributed by atoms with Gasteiger partial charge in [-0.3, -0.25) is 19.6 Å². The van der Waals surface area contributed by atoms with E-state index in [1.807, 2.05) is 24.0 Å². The minimum absolute atomic E-state index is 0.0466. The molecule has 0 aromatic carbocycles. The molecular weight excluding hydrogens is 370 g/mol. The Balaban J connectivity index is 1.42. The fourth-order valence-corrected chi connectivity index (χ4v) is 4.04. The molecule has 0 spiro atoms. The summed E-state index contributed by atoms with van der Waals surface area (Å²) < 4.78 is 6.01. The quantitative estimate of drug-likeness (QED) is 0.788. The van der Waals surface area contributed by atoms with Crippen LogP contribution in [0.4, 0.5) is 0 Å². The zero-order valence-corrected chi connectivity index (χ0v) is 16.7. The first-order valence-electron chi connectivity index (χ1n) is 9.96. The Labute approximate surface area is 169 Å². The van der Waals surface area contributed by atoms with Gasteiger partial charge in [0, 0.05) is 57.6 Å². The van der Waals surface area contributed by atoms with Crippen molar-refractivity contribution in [2.24, 2.45) is 5.92 Å². The monoisotopic (exact) mass is 395 g/mol. The number of ether oxygens (including phenoxy) is 1. The number of likely N-dealkylation sites (tertiary alicyclic amines) is 2. The Morgan fingerprint density at radius 2 is 1.90 bits per heavy atom. The van der Waals surface area contributed by atoms with Crippen molar-refractivity contribution in [3.05, 3.63) is 42.1 Å². The number of pyridine rings is 1. The van der Waals surface area contributed by atoms with E-state index in [0.717, 1.165) is 24.2 Å². The highest BCUT2D eigenvalue weighted by atomic mass is 16.5. The maximum absolute atomic E-state index is 12.8. The highest BCUT2D eigenvalue weighted by Crippen LogP contribution is 2.34. The van der Waals surface area contributed by atoms with Crippen LogP contribution in [0.15, 0.2) is 30.7 Å². The van der Waals surface area contributed by atoms with Crippen LogP contribution in [0.1, 0.15) is 36.6 Å². The van der Waals surface area contributed by atoms with Crippen molar-refractivity contribution in [1.82, 2.24) is 24.8 Å². The summed E-state index contributed by atoms with van der Waals surface area (Å²) in [5.74, 6) is 1.25. The van der Waals surface area contributed by atoms with Gasteiger partial charge >= 0.3 is 0 Å². The van der Waals surface area contributed by atoms with Crippen LogP contribution in [0.2, 0.25) is 0 Å². The molecule has 0 N–H and O–H groups in total. The minimum atomic E-state index is -0.215. The number of hydrogen-bond donors (Lipinski definition) is 0. The fraction of sp³-hybridized carbons (Fsp3) is 0.476. The van der Waals surface area contributed by atoms with E-state index in [9.17, 15) is 9.59 Å². The Morgan fingerprint density at radius 1 is 1.14 bits per heavy atom. The molecule has 0 saturated carbocycles. The summed E-state index contributed by atoms with van der Waals surface area (Å²) >= 11 is 0. The van der Waals surface area contributed by atoms with E-state index in [4.69, 9.17) is 4.74 Å². The molecule has 0 aliphatic carbocycles. The van der Waals surface area contributed by atoms with Crippen molar-refractivity contribution in [3.8, 4) is 11.6 Å². The van der Waals surface area contributed by atoms with Crippen molar-refractivity contribution in [1.29, 1.82) is 0 Å². The number of carbonyl (C=O) groups excluding carboxylic acids is 2. The molecule has 0 radical (unpaired) electrons. The topological polar surface area (TPSA) is 88.5 Å². The summed E-state index contributed by atoms with van der Waals surface area (Å²) in [5, 5.41) is 0. The first-order chi connectivity index (χ1) is 14.0. The summed E-state index contributed by atoms with van der Waals surface area (Å²) in [6, 6.07) is 3.69. The average molecular weight is 395 g/mol. The molecule has 152 valence electrons. The second-order valence-electron chi connectivity index (χ2n) is 7.71. The number of carbonyl (C=O) groups is 2. The first-order valence-corrected chi connectivity index (χ1v) is 9.96. The van der Waals surface area contributed by atoms with E-state index in [-0.39, 0.29) is 23.7 Å². The van der Waals surface area contributed by atoms with Crippen LogP contribution in [0.25, 0.3) is 0 Å². The van der Waals surface area contributed by atoms with Crippen LogP contribution in [0.3, 0.4) is 0 Å². The van der Waals surface area contributed by atoms with Gasteiger partial charge in [-0.25, -0.2) is 4.98 Å². The van der Waals surface area contributed by atoms with Crippen LogP contribution in [0, 0.1) is 12.8 Å². The minimum Gasteiger partial charge on any atom is -0.435 e. The van der Waals surface area contributed by atoms with Crippen LogP contribution < -0.4 is 4.74 Å². The molecule has 2 aliphatic rings. The SMILES string of the molecule is Cc1ncccc1Oc1nccnc1C1CCN(C(=O)[C@@H]2CC(=O)N(C)C2)CC1. The lowest BCUT2D eigenvalue weighted by atomic mass is 9.92. The molecule has 0 unspecified atom stereocenters. The second-order valence-corrected chi connectivity index (χ2v) is 7.71. The van der Waals surface area contributed by atoms with Crippen LogP contribution in [-0.2, 0) is 9.59 Å². The van der Waals surface area contributed by atoms with E-state index < -0.39 is 0 Å². The molecule has 4 rings (SSSR count). The van der Waals surface area contributed by atoms with Crippen molar-refractivity contribution < 1.29 is 14.3 Å². The van der Waals surface area contributed by atoms with E-state index >= 15 is 0 Å². The van der Waals surface area contributed by atoms with E-state index in [2.05, 4.69) is 15.0 Å². The van der Waals surface area contributed by atoms with E-state index in [1.54, 1.807) is 30.5 Å². The first kappa shape index (κ1) is 19.3. The third-order valence-corrected chi connectivity index (χ3v) is 5.74. The molecule has 1 atom stereocenters. The molecule has 2 saturated heterocycles. The maximum atomic E-state index is 12.8. The molecule has 2 aromatic heterocycles. The van der Waals surface area contributed by atoms with Crippen LogP contribution >= 0.6 is 0 Å². The van der Waals surface area contributed by atoms with Gasteiger partial charge in [0.05, 0.1) is 11.6 Å². The Morgan fingerprint density at radius 3 is 2.59 bits per heavy atom. The number of aryl methyl sites for hydroxylation is 1. The molecule has 29 heavy (non-hydrogen) atoms. The summed E-state index contributed by atoms with van der Waals surface area (Å²) in [6.45, 7) is 3.71. The largest absolute Gasteiger partial charge is 0.435 e. The van der Waals surface area contributed by atoms with Crippen molar-refractivity contribution in [2.75, 3.05) is 26.7 Å². The van der Waals surface area contributed by atoms with Gasteiger partial charge in [-0.2, -0.15) is 0 Å². The number of amides is 2. The van der Waals surface area contributed by atoms with Crippen LogP contribution in [-0.4, -0.2) is 63.2 Å². The van der Waals surface area contributed by atoms with Crippen LogP contribution in [0.5, 0.6) is 11.6 Å². The summed E-state index contributed by atoms with van der Waals surface area (Å²) in [4.78, 5) is 41.2. The highest BCUT2D eigenvalue weighted by Gasteiger charge is 2.36. The fourth-order valence-electron chi connectivity index (χ4n) is 4.04. The Kier molecular flexibility index (Phi) is 5.42. The number of nitrogens with zero attached hydrogens (tertiary/aromatic N) is 5. The zero-order chi connectivity index (χ0) is 20.4. The summed E-state index contributed by atoms with van der Waals surface area (Å²) in [5.41, 5.74) is 1.61. The zero-order valence-electron chi connectivity index (χ0n) is 16.7. The van der Waals surface area contributed by atoms with Gasteiger partial charge in [0.15, 0.2) is 5.75 Å². The molecule has 8 heteroatoms. The molecule has 4 heterocycles. The van der Waals surface area contributed by atoms with Crippen molar-refractivity contribution >= 4 is 11.8 Å². The van der Waals surface area contributed by atoms with Gasteiger partial charge < -0.3 is 14.5 Å². The predicted molar refractivity (Wildman–Crippen MR) is 105 cm³/mol. The van der Waals surface area contributed by atoms with Gasteiger partial charge in [-0.1, -0.05) is 0 Å². The van der Waals surface area contributed by atoms with Gasteiger partial charge in [0.1, 0.15) is 5.69 Å². The lowest BCUT2D eigenvalue weighted by Crippen LogP contribution is -2.42. The number of aromatic nitrogens is 3. The average Bonchev–Trinajstić information content (AvgIpc) is 3.08. The standard InChI is InChI=1S/C21H25N5O3/c1-14-17(4-3-7-22-14)29-20-19(23-8-9-24-20)15-5-10-26(11-6-15)21(28)16-12-18(27)25(2)13-16/h3-4,7-9,15-16H,5-6,10-13H2,1-2H3/t16-/m1/s1. The Bertz CT molecular complexity index is 911. The van der Waals surface area contributed by atoms with E-state index in [1.165, 1.54) is 0 Å². The normalized spacial score (nSPS) is 20.2. The molecule has 2 aromatic rings. The molecule has 2 aliphatic heterocycles. The second kappa shape index (κ2) is 8.14.